The van der Waals surface area contributed by atoms with Crippen LogP contribution in [0.25, 0.3) is 0 Å². The molecule has 1 saturated heterocycles. The van der Waals surface area contributed by atoms with Gasteiger partial charge in [0.25, 0.3) is 17.4 Å². The van der Waals surface area contributed by atoms with Crippen molar-refractivity contribution in [1.82, 2.24) is 4.57 Å². The molecule has 9 nitrogen and oxygen atoms in total. The third kappa shape index (κ3) is 5.30. The predicted molar refractivity (Wildman–Crippen MR) is 160 cm³/mol. The largest absolute Gasteiger partial charge is 0.493 e. The summed E-state index contributed by atoms with van der Waals surface area (Å²) in [7, 11) is 3.09. The molecule has 2 aliphatic heterocycles. The molecule has 6 rings (SSSR count). The topological polar surface area (TPSA) is 102 Å². The summed E-state index contributed by atoms with van der Waals surface area (Å²) in [6.45, 7) is 2.13. The Morgan fingerprint density at radius 1 is 0.878 bits per heavy atom. The van der Waals surface area contributed by atoms with E-state index in [9.17, 15) is 14.4 Å². The van der Waals surface area contributed by atoms with E-state index in [1.807, 2.05) is 34.2 Å². The van der Waals surface area contributed by atoms with Crippen LogP contribution in [0.5, 0.6) is 11.5 Å². The maximum absolute atomic E-state index is 13.3. The van der Waals surface area contributed by atoms with Crippen molar-refractivity contribution < 1.29 is 19.1 Å². The Balaban J connectivity index is 1.31. The lowest BCUT2D eigenvalue weighted by Gasteiger charge is -2.44. The number of carbonyl (C=O) groups excluding carboxylic acids is 2. The highest BCUT2D eigenvalue weighted by molar-refractivity contribution is 7.12. The molecule has 0 aliphatic carbocycles. The SMILES string of the molecule is COc1ccc(NC(=O)c2ccc(N3CC4CC(C3)c3cccc(=O)n3C4)c(NC(=O)c3cccs3)c2)cc1OC. The lowest BCUT2D eigenvalue weighted by atomic mass is 9.83. The van der Waals surface area contributed by atoms with E-state index >= 15 is 0 Å². The van der Waals surface area contributed by atoms with Gasteiger partial charge in [-0.25, -0.2) is 0 Å². The number of aromatic nitrogens is 1. The third-order valence-electron chi connectivity index (χ3n) is 7.71. The van der Waals surface area contributed by atoms with Crippen LogP contribution in [-0.4, -0.2) is 43.7 Å². The van der Waals surface area contributed by atoms with Gasteiger partial charge in [-0.05, 0) is 60.2 Å². The summed E-state index contributed by atoms with van der Waals surface area (Å²) < 4.78 is 12.5. The number of rotatable bonds is 7. The number of ether oxygens (including phenoxy) is 2. The molecule has 1 fully saturated rings. The van der Waals surface area contributed by atoms with E-state index in [1.54, 1.807) is 49.6 Å². The van der Waals surface area contributed by atoms with Gasteiger partial charge in [0, 0.05) is 54.6 Å². The van der Waals surface area contributed by atoms with Crippen molar-refractivity contribution in [2.75, 3.05) is 42.8 Å². The van der Waals surface area contributed by atoms with Crippen LogP contribution in [0.15, 0.2) is 76.9 Å². The number of fused-ring (bicyclic) bond motifs is 4. The Bertz CT molecular complexity index is 1670. The van der Waals surface area contributed by atoms with Crippen LogP contribution in [0, 0.1) is 5.92 Å². The van der Waals surface area contributed by atoms with Gasteiger partial charge in [-0.1, -0.05) is 12.1 Å². The maximum atomic E-state index is 13.3. The zero-order chi connectivity index (χ0) is 28.5. The summed E-state index contributed by atoms with van der Waals surface area (Å²) in [6, 6.07) is 19.6. The first-order valence-electron chi connectivity index (χ1n) is 13.4. The zero-order valence-electron chi connectivity index (χ0n) is 22.8. The van der Waals surface area contributed by atoms with Crippen molar-refractivity contribution in [3.05, 3.63) is 98.6 Å². The number of piperidine rings is 1. The molecule has 2 aromatic carbocycles. The summed E-state index contributed by atoms with van der Waals surface area (Å²) in [5.74, 6) is 1.02. The molecule has 2 bridgehead atoms. The number of nitrogens with zero attached hydrogens (tertiary/aromatic N) is 2. The van der Waals surface area contributed by atoms with Crippen molar-refractivity contribution in [3.63, 3.8) is 0 Å². The van der Waals surface area contributed by atoms with Gasteiger partial charge in [-0.15, -0.1) is 11.3 Å². The van der Waals surface area contributed by atoms with E-state index in [1.165, 1.54) is 18.4 Å². The number of carbonyl (C=O) groups is 2. The Morgan fingerprint density at radius 2 is 1.73 bits per heavy atom. The minimum absolute atomic E-state index is 0.0411. The van der Waals surface area contributed by atoms with Crippen LogP contribution in [-0.2, 0) is 6.54 Å². The molecule has 2 amide bonds. The van der Waals surface area contributed by atoms with E-state index in [2.05, 4.69) is 15.5 Å². The smallest absolute Gasteiger partial charge is 0.265 e. The van der Waals surface area contributed by atoms with Gasteiger partial charge in [-0.3, -0.25) is 14.4 Å². The molecule has 0 radical (unpaired) electrons. The van der Waals surface area contributed by atoms with E-state index in [-0.39, 0.29) is 23.3 Å². The quantitative estimate of drug-likeness (QED) is 0.322. The highest BCUT2D eigenvalue weighted by atomic mass is 32.1. The second-order valence-corrected chi connectivity index (χ2v) is 11.2. The molecule has 2 unspecified atom stereocenters. The van der Waals surface area contributed by atoms with Gasteiger partial charge < -0.3 is 29.6 Å². The van der Waals surface area contributed by atoms with Crippen molar-refractivity contribution in [3.8, 4) is 11.5 Å². The van der Waals surface area contributed by atoms with Crippen molar-refractivity contribution in [1.29, 1.82) is 0 Å². The number of benzene rings is 2. The minimum Gasteiger partial charge on any atom is -0.493 e. The first-order valence-corrected chi connectivity index (χ1v) is 14.3. The highest BCUT2D eigenvalue weighted by Crippen LogP contribution is 2.39. The molecule has 2 atom stereocenters. The fourth-order valence-corrected chi connectivity index (χ4v) is 6.47. The monoisotopic (exact) mass is 570 g/mol. The molecule has 0 saturated carbocycles. The first-order chi connectivity index (χ1) is 19.9. The molecule has 4 heterocycles. The average Bonchev–Trinajstić information content (AvgIpc) is 3.53. The molecule has 2 aromatic heterocycles. The van der Waals surface area contributed by atoms with Gasteiger partial charge in [0.15, 0.2) is 11.5 Å². The Kier molecular flexibility index (Phi) is 7.23. The Labute approximate surface area is 241 Å². The van der Waals surface area contributed by atoms with Crippen LogP contribution < -0.4 is 30.6 Å². The normalized spacial score (nSPS) is 17.4. The van der Waals surface area contributed by atoms with Crippen LogP contribution >= 0.6 is 11.3 Å². The van der Waals surface area contributed by atoms with Gasteiger partial charge in [0.2, 0.25) is 0 Å². The van der Waals surface area contributed by atoms with E-state index < -0.39 is 0 Å². The van der Waals surface area contributed by atoms with Gasteiger partial charge in [0.05, 0.1) is 30.5 Å². The first kappa shape index (κ1) is 26.6. The standard InChI is InChI=1S/C31H30N4O5S/c1-39-26-11-9-22(15-27(26)40-2)32-30(37)20-8-10-25(23(14-20)33-31(38)28-6-4-12-41-28)34-16-19-13-21(18-34)24-5-3-7-29(36)35(24)17-19/h3-12,14-15,19,21H,13,16-18H2,1-2H3,(H,32,37)(H,33,38). The number of amides is 2. The summed E-state index contributed by atoms with van der Waals surface area (Å²) in [6.07, 6.45) is 1.02. The molecule has 210 valence electrons. The van der Waals surface area contributed by atoms with Crippen molar-refractivity contribution in [2.45, 2.75) is 18.9 Å². The predicted octanol–water partition coefficient (Wildman–Crippen LogP) is 5.06. The lowest BCUT2D eigenvalue weighted by molar-refractivity contribution is 0.101. The number of nitrogens with one attached hydrogen (secondary N) is 2. The summed E-state index contributed by atoms with van der Waals surface area (Å²) in [4.78, 5) is 41.8. The molecule has 2 aliphatic rings. The molecule has 0 spiro atoms. The fourth-order valence-electron chi connectivity index (χ4n) is 5.86. The molecular weight excluding hydrogens is 540 g/mol. The summed E-state index contributed by atoms with van der Waals surface area (Å²) >= 11 is 1.36. The number of methoxy groups -OCH3 is 2. The number of hydrogen-bond acceptors (Lipinski definition) is 7. The van der Waals surface area contributed by atoms with Gasteiger partial charge >= 0.3 is 0 Å². The minimum atomic E-state index is -0.320. The van der Waals surface area contributed by atoms with Crippen molar-refractivity contribution >= 4 is 40.2 Å². The molecule has 2 N–H and O–H groups in total. The lowest BCUT2D eigenvalue weighted by Crippen LogP contribution is -2.47. The maximum Gasteiger partial charge on any atom is 0.265 e. The Morgan fingerprint density at radius 3 is 2.51 bits per heavy atom. The van der Waals surface area contributed by atoms with E-state index in [4.69, 9.17) is 9.47 Å². The fraction of sp³-hybridized carbons (Fsp3) is 0.258. The van der Waals surface area contributed by atoms with Crippen LogP contribution in [0.1, 0.15) is 38.1 Å². The second kappa shape index (κ2) is 11.1. The summed E-state index contributed by atoms with van der Waals surface area (Å²) in [5, 5.41) is 7.82. The van der Waals surface area contributed by atoms with Crippen LogP contribution in [0.3, 0.4) is 0 Å². The molecule has 41 heavy (non-hydrogen) atoms. The summed E-state index contributed by atoms with van der Waals surface area (Å²) in [5.41, 5.74) is 3.46. The number of thiophene rings is 1. The number of pyridine rings is 1. The zero-order valence-corrected chi connectivity index (χ0v) is 23.6. The number of hydrogen-bond donors (Lipinski definition) is 2. The Hall–Kier alpha value is -4.57. The van der Waals surface area contributed by atoms with Crippen LogP contribution in [0.4, 0.5) is 17.1 Å². The van der Waals surface area contributed by atoms with E-state index in [0.717, 1.165) is 24.3 Å². The highest BCUT2D eigenvalue weighted by Gasteiger charge is 2.35. The van der Waals surface area contributed by atoms with Crippen molar-refractivity contribution in [2.24, 2.45) is 5.92 Å². The molecule has 4 aromatic rings. The van der Waals surface area contributed by atoms with E-state index in [0.29, 0.717) is 52.3 Å². The average molecular weight is 571 g/mol. The molecular formula is C31H30N4O5S. The second-order valence-electron chi connectivity index (χ2n) is 10.3. The van der Waals surface area contributed by atoms with Gasteiger partial charge in [-0.2, -0.15) is 0 Å². The molecule has 10 heteroatoms. The third-order valence-corrected chi connectivity index (χ3v) is 8.58. The number of anilines is 3. The van der Waals surface area contributed by atoms with Gasteiger partial charge in [0.1, 0.15) is 0 Å². The van der Waals surface area contributed by atoms with Crippen LogP contribution in [0.2, 0.25) is 0 Å².